The van der Waals surface area contributed by atoms with Crippen LogP contribution in [0.3, 0.4) is 0 Å². The van der Waals surface area contributed by atoms with Crippen molar-refractivity contribution in [2.75, 3.05) is 18.4 Å². The molecule has 1 amide bonds. The number of sulfonamides is 1. The molecule has 5 rings (SSSR count). The Balaban J connectivity index is 1.36. The molecular formula is C33H32ClF2N2O8PS. The van der Waals surface area contributed by atoms with E-state index in [9.17, 15) is 27.3 Å². The summed E-state index contributed by atoms with van der Waals surface area (Å²) in [7, 11) is -9.04. The second-order valence-corrected chi connectivity index (χ2v) is 14.9. The lowest BCUT2D eigenvalue weighted by Crippen LogP contribution is -2.40. The van der Waals surface area contributed by atoms with Crippen LogP contribution in [0.15, 0.2) is 102 Å². The number of hydrogen-bond donors (Lipinski definition) is 2. The van der Waals surface area contributed by atoms with Gasteiger partial charge in [0.2, 0.25) is 10.0 Å². The number of phosphoric ester groups is 1. The number of aliphatic hydroxyl groups excluding tert-OH is 1. The van der Waals surface area contributed by atoms with Crippen LogP contribution in [0.5, 0.6) is 0 Å². The number of amides is 1. The molecule has 48 heavy (non-hydrogen) atoms. The van der Waals surface area contributed by atoms with Crippen LogP contribution in [0.1, 0.15) is 34.3 Å². The van der Waals surface area contributed by atoms with E-state index < -0.39 is 65.6 Å². The number of aliphatic hydroxyl groups is 1. The summed E-state index contributed by atoms with van der Waals surface area (Å²) >= 11 is 5.78. The lowest BCUT2D eigenvalue weighted by Gasteiger charge is -2.27. The fraction of sp³-hybridized carbons (Fsp3) is 0.242. The number of hydrogen-bond acceptors (Lipinski definition) is 8. The standard InChI is InChI=1S/C33H32ClF2N2O8PS/c34-29-18-26(12-16-30(29)35)37-33(40)25-11-15-31(36)32(17-25)48(42,43)38-19-27(39)13-14-28(20-38)46-47(41,44-21-23-7-3-1-4-8-23)45-22-24-9-5-2-6-10-24/h1-12,15-18,27-28,39H,13-14,19-22H2,(H,37,40). The van der Waals surface area contributed by atoms with E-state index in [0.717, 1.165) is 28.6 Å². The summed E-state index contributed by atoms with van der Waals surface area (Å²) in [4.78, 5) is 12.1. The lowest BCUT2D eigenvalue weighted by molar-refractivity contribution is 0.0618. The van der Waals surface area contributed by atoms with Crippen LogP contribution in [0, 0.1) is 11.6 Å². The molecule has 4 aromatic carbocycles. The molecule has 1 heterocycles. The van der Waals surface area contributed by atoms with Gasteiger partial charge in [0.25, 0.3) is 5.91 Å². The highest BCUT2D eigenvalue weighted by Crippen LogP contribution is 2.53. The van der Waals surface area contributed by atoms with Crippen molar-refractivity contribution in [3.8, 4) is 0 Å². The molecule has 2 atom stereocenters. The van der Waals surface area contributed by atoms with Crippen LogP contribution in [-0.2, 0) is 41.4 Å². The number of carbonyl (C=O) groups excluding carboxylic acids is 1. The lowest BCUT2D eigenvalue weighted by atomic mass is 10.1. The first-order chi connectivity index (χ1) is 22.9. The van der Waals surface area contributed by atoms with E-state index in [2.05, 4.69) is 5.32 Å². The maximum absolute atomic E-state index is 15.1. The number of halogens is 3. The summed E-state index contributed by atoms with van der Waals surface area (Å²) in [5.41, 5.74) is 1.29. The maximum atomic E-state index is 15.1. The molecule has 2 unspecified atom stereocenters. The molecule has 1 saturated heterocycles. The monoisotopic (exact) mass is 720 g/mol. The molecule has 1 fully saturated rings. The van der Waals surface area contributed by atoms with Crippen LogP contribution < -0.4 is 5.32 Å². The number of nitrogens with zero attached hydrogens (tertiary/aromatic N) is 1. The van der Waals surface area contributed by atoms with Gasteiger partial charge in [0.1, 0.15) is 16.5 Å². The minimum absolute atomic E-state index is 0.0687. The third-order valence-electron chi connectivity index (χ3n) is 7.37. The van der Waals surface area contributed by atoms with Crippen molar-refractivity contribution in [1.82, 2.24) is 4.31 Å². The zero-order valence-electron chi connectivity index (χ0n) is 25.4. The molecule has 0 saturated carbocycles. The molecule has 0 spiro atoms. The summed E-state index contributed by atoms with van der Waals surface area (Å²) in [6, 6.07) is 24.0. The van der Waals surface area contributed by atoms with Crippen molar-refractivity contribution >= 4 is 41.0 Å². The first kappa shape index (κ1) is 35.8. The van der Waals surface area contributed by atoms with Gasteiger partial charge in [-0.15, -0.1) is 0 Å². The number of nitrogens with one attached hydrogen (secondary N) is 1. The van der Waals surface area contributed by atoms with Gasteiger partial charge in [-0.05, 0) is 60.4 Å². The molecule has 254 valence electrons. The van der Waals surface area contributed by atoms with Crippen LogP contribution in [0.2, 0.25) is 5.02 Å². The predicted molar refractivity (Wildman–Crippen MR) is 175 cm³/mol. The Morgan fingerprint density at radius 3 is 2.08 bits per heavy atom. The van der Waals surface area contributed by atoms with Crippen LogP contribution in [0.25, 0.3) is 0 Å². The van der Waals surface area contributed by atoms with E-state index in [4.69, 9.17) is 25.2 Å². The topological polar surface area (TPSA) is 131 Å². The smallest absolute Gasteiger partial charge is 0.392 e. The highest BCUT2D eigenvalue weighted by molar-refractivity contribution is 7.89. The van der Waals surface area contributed by atoms with Gasteiger partial charge in [-0.3, -0.25) is 18.4 Å². The Hall–Kier alpha value is -3.52. The highest BCUT2D eigenvalue weighted by atomic mass is 35.5. The minimum Gasteiger partial charge on any atom is -0.392 e. The Morgan fingerprint density at radius 2 is 1.48 bits per heavy atom. The second kappa shape index (κ2) is 15.8. The minimum atomic E-state index is -4.69. The Kier molecular flexibility index (Phi) is 11.8. The van der Waals surface area contributed by atoms with Gasteiger partial charge in [-0.1, -0.05) is 72.3 Å². The average molecular weight is 721 g/mol. The van der Waals surface area contributed by atoms with E-state index in [1.54, 1.807) is 48.5 Å². The van der Waals surface area contributed by atoms with E-state index >= 15 is 4.39 Å². The molecule has 0 radical (unpaired) electrons. The molecule has 15 heteroatoms. The molecule has 0 aromatic heterocycles. The van der Waals surface area contributed by atoms with Crippen molar-refractivity contribution in [1.29, 1.82) is 0 Å². The maximum Gasteiger partial charge on any atom is 0.475 e. The van der Waals surface area contributed by atoms with E-state index in [1.807, 2.05) is 12.1 Å². The van der Waals surface area contributed by atoms with Crippen molar-refractivity contribution in [2.24, 2.45) is 0 Å². The third kappa shape index (κ3) is 9.34. The van der Waals surface area contributed by atoms with Crippen LogP contribution in [0.4, 0.5) is 14.5 Å². The summed E-state index contributed by atoms with van der Waals surface area (Å²) in [5, 5.41) is 12.8. The van der Waals surface area contributed by atoms with Gasteiger partial charge < -0.3 is 10.4 Å². The van der Waals surface area contributed by atoms with Crippen molar-refractivity contribution < 1.29 is 45.2 Å². The summed E-state index contributed by atoms with van der Waals surface area (Å²) in [6.45, 7) is -1.12. The van der Waals surface area contributed by atoms with Crippen LogP contribution in [-0.4, -0.2) is 49.0 Å². The van der Waals surface area contributed by atoms with Crippen molar-refractivity contribution in [2.45, 2.75) is 43.2 Å². The normalized spacial score (nSPS) is 17.5. The first-order valence-electron chi connectivity index (χ1n) is 14.8. The van der Waals surface area contributed by atoms with Crippen LogP contribution >= 0.6 is 19.4 Å². The number of rotatable bonds is 12. The molecule has 0 aliphatic carbocycles. The molecule has 10 nitrogen and oxygen atoms in total. The van der Waals surface area contributed by atoms with Gasteiger partial charge in [0.05, 0.1) is 30.4 Å². The molecule has 2 N–H and O–H groups in total. The zero-order chi connectivity index (χ0) is 34.3. The Labute approximate surface area is 281 Å². The quantitative estimate of drug-likeness (QED) is 0.151. The van der Waals surface area contributed by atoms with Gasteiger partial charge in [0, 0.05) is 24.3 Å². The molecule has 0 bridgehead atoms. The molecular weight excluding hydrogens is 689 g/mol. The van der Waals surface area contributed by atoms with Gasteiger partial charge in [0.15, 0.2) is 0 Å². The third-order valence-corrected chi connectivity index (χ3v) is 11.0. The SMILES string of the molecule is O=C(Nc1ccc(F)c(Cl)c1)c1ccc(F)c(S(=O)(=O)N2CC(O)CCC(OP(=O)(OCc3ccccc3)OCc3ccccc3)C2)c1. The van der Waals surface area contributed by atoms with E-state index in [0.29, 0.717) is 11.1 Å². The Morgan fingerprint density at radius 1 is 0.875 bits per heavy atom. The second-order valence-electron chi connectivity index (χ2n) is 11.0. The zero-order valence-corrected chi connectivity index (χ0v) is 27.8. The summed E-state index contributed by atoms with van der Waals surface area (Å²) < 4.78 is 88.4. The Bertz CT molecular complexity index is 1840. The van der Waals surface area contributed by atoms with Gasteiger partial charge >= 0.3 is 7.82 Å². The van der Waals surface area contributed by atoms with Gasteiger partial charge in [-0.2, -0.15) is 4.31 Å². The van der Waals surface area contributed by atoms with E-state index in [1.165, 1.54) is 12.1 Å². The fourth-order valence-electron chi connectivity index (χ4n) is 4.87. The van der Waals surface area contributed by atoms with Gasteiger partial charge in [-0.25, -0.2) is 21.8 Å². The average Bonchev–Trinajstić information content (AvgIpc) is 3.27. The largest absolute Gasteiger partial charge is 0.475 e. The molecule has 4 aromatic rings. The summed E-state index contributed by atoms with van der Waals surface area (Å²) in [5.74, 6) is -2.65. The number of anilines is 1. The number of phosphoric acid groups is 1. The first-order valence-corrected chi connectivity index (χ1v) is 18.1. The number of β-amino-alcohol motifs (C(OH)–C–C–N with tert-alkyl or cyclic N) is 1. The van der Waals surface area contributed by atoms with E-state index in [-0.39, 0.29) is 42.3 Å². The fourth-order valence-corrected chi connectivity index (χ4v) is 8.00. The molecule has 1 aliphatic heterocycles. The number of benzene rings is 4. The van der Waals surface area contributed by atoms with Crippen molar-refractivity contribution in [3.05, 3.63) is 130 Å². The summed E-state index contributed by atoms with van der Waals surface area (Å²) in [6.07, 6.45) is -2.11. The van der Waals surface area contributed by atoms with Crippen molar-refractivity contribution in [3.63, 3.8) is 0 Å². The number of carbonyl (C=O) groups is 1. The molecule has 1 aliphatic rings. The highest BCUT2D eigenvalue weighted by Gasteiger charge is 2.38. The predicted octanol–water partition coefficient (Wildman–Crippen LogP) is 6.94.